The number of nitrogens with zero attached hydrogens (tertiary/aromatic N) is 2. The van der Waals surface area contributed by atoms with Crippen molar-refractivity contribution in [3.63, 3.8) is 0 Å². The molecule has 126 valence electrons. The molecule has 0 saturated heterocycles. The Morgan fingerprint density at radius 2 is 2.09 bits per heavy atom. The van der Waals surface area contributed by atoms with Crippen LogP contribution in [0.25, 0.3) is 0 Å². The van der Waals surface area contributed by atoms with Gasteiger partial charge < -0.3 is 9.64 Å². The number of amides is 1. The molecule has 0 radical (unpaired) electrons. The summed E-state index contributed by atoms with van der Waals surface area (Å²) in [5.41, 5.74) is 2.46. The molecule has 1 aromatic rings. The Morgan fingerprint density at radius 3 is 2.70 bits per heavy atom. The third-order valence-electron chi connectivity index (χ3n) is 3.75. The van der Waals surface area contributed by atoms with Crippen LogP contribution >= 0.6 is 0 Å². The SMILES string of the molecule is CCCN1C(NC(=O)OCC(C)C)=NCC1c1ccc(C)cc1. The molecule has 1 aliphatic rings. The Labute approximate surface area is 138 Å². The van der Waals surface area contributed by atoms with Crippen LogP contribution in [0, 0.1) is 12.8 Å². The fourth-order valence-corrected chi connectivity index (χ4v) is 2.57. The Morgan fingerprint density at radius 1 is 1.39 bits per heavy atom. The van der Waals surface area contributed by atoms with Crippen molar-refractivity contribution in [2.45, 2.75) is 40.2 Å². The van der Waals surface area contributed by atoms with Gasteiger partial charge in [0.2, 0.25) is 5.96 Å². The summed E-state index contributed by atoms with van der Waals surface area (Å²) in [5.74, 6) is 0.935. The highest BCUT2D eigenvalue weighted by molar-refractivity contribution is 5.95. The molecule has 2 rings (SSSR count). The highest BCUT2D eigenvalue weighted by Crippen LogP contribution is 2.26. The average Bonchev–Trinajstić information content (AvgIpc) is 2.89. The van der Waals surface area contributed by atoms with Crippen molar-refractivity contribution in [1.29, 1.82) is 0 Å². The molecule has 5 heteroatoms. The van der Waals surface area contributed by atoms with Gasteiger partial charge in [0.25, 0.3) is 0 Å². The van der Waals surface area contributed by atoms with Crippen LogP contribution in [-0.2, 0) is 4.74 Å². The highest BCUT2D eigenvalue weighted by atomic mass is 16.5. The maximum absolute atomic E-state index is 11.9. The Balaban J connectivity index is 2.03. The summed E-state index contributed by atoms with van der Waals surface area (Å²) in [6, 6.07) is 8.68. The van der Waals surface area contributed by atoms with Crippen LogP contribution in [-0.4, -0.2) is 36.6 Å². The number of guanidine groups is 1. The van der Waals surface area contributed by atoms with Crippen molar-refractivity contribution in [3.8, 4) is 0 Å². The zero-order valence-corrected chi connectivity index (χ0v) is 14.5. The lowest BCUT2D eigenvalue weighted by molar-refractivity contribution is 0.137. The fourth-order valence-electron chi connectivity index (χ4n) is 2.57. The summed E-state index contributed by atoms with van der Waals surface area (Å²) < 4.78 is 5.19. The monoisotopic (exact) mass is 317 g/mol. The summed E-state index contributed by atoms with van der Waals surface area (Å²) in [4.78, 5) is 18.6. The second-order valence-corrected chi connectivity index (χ2v) is 6.40. The summed E-state index contributed by atoms with van der Waals surface area (Å²) in [6.07, 6.45) is 0.563. The molecule has 1 heterocycles. The number of ether oxygens (including phenoxy) is 1. The molecule has 0 bridgehead atoms. The Hall–Kier alpha value is -2.04. The number of hydrogen-bond acceptors (Lipinski definition) is 4. The molecule has 0 aliphatic carbocycles. The van der Waals surface area contributed by atoms with Gasteiger partial charge in [-0.05, 0) is 24.8 Å². The number of nitrogens with one attached hydrogen (secondary N) is 1. The van der Waals surface area contributed by atoms with Crippen LogP contribution in [0.15, 0.2) is 29.3 Å². The van der Waals surface area contributed by atoms with Crippen molar-refractivity contribution in [1.82, 2.24) is 10.2 Å². The van der Waals surface area contributed by atoms with Gasteiger partial charge in [0.1, 0.15) is 0 Å². The van der Waals surface area contributed by atoms with Crippen molar-refractivity contribution in [3.05, 3.63) is 35.4 Å². The van der Waals surface area contributed by atoms with Crippen LogP contribution in [0.5, 0.6) is 0 Å². The predicted octanol–water partition coefficient (Wildman–Crippen LogP) is 3.50. The predicted molar refractivity (Wildman–Crippen MR) is 92.5 cm³/mol. The van der Waals surface area contributed by atoms with Crippen molar-refractivity contribution in [2.24, 2.45) is 10.9 Å². The number of benzene rings is 1. The Kier molecular flexibility index (Phi) is 6.02. The second-order valence-electron chi connectivity index (χ2n) is 6.40. The molecule has 1 aromatic carbocycles. The minimum Gasteiger partial charge on any atom is -0.449 e. The van der Waals surface area contributed by atoms with Gasteiger partial charge in [0.05, 0.1) is 19.2 Å². The molecular weight excluding hydrogens is 290 g/mol. The zero-order chi connectivity index (χ0) is 16.8. The first-order valence-corrected chi connectivity index (χ1v) is 8.32. The number of alkyl carbamates (subject to hydrolysis) is 1. The van der Waals surface area contributed by atoms with E-state index in [1.54, 1.807) is 0 Å². The lowest BCUT2D eigenvalue weighted by Crippen LogP contribution is -2.43. The first-order chi connectivity index (χ1) is 11.0. The van der Waals surface area contributed by atoms with Gasteiger partial charge in [-0.25, -0.2) is 4.79 Å². The van der Waals surface area contributed by atoms with E-state index in [9.17, 15) is 4.79 Å². The molecule has 0 fully saturated rings. The van der Waals surface area contributed by atoms with Crippen molar-refractivity contribution >= 4 is 12.1 Å². The van der Waals surface area contributed by atoms with Gasteiger partial charge in [0.15, 0.2) is 0 Å². The smallest absolute Gasteiger partial charge is 0.413 e. The maximum Gasteiger partial charge on any atom is 0.413 e. The molecule has 1 amide bonds. The molecule has 1 unspecified atom stereocenters. The van der Waals surface area contributed by atoms with Crippen LogP contribution in [0.1, 0.15) is 44.4 Å². The fraction of sp³-hybridized carbons (Fsp3) is 0.556. The second kappa shape index (κ2) is 7.99. The lowest BCUT2D eigenvalue weighted by atomic mass is 10.0. The quantitative estimate of drug-likeness (QED) is 0.904. The number of hydrogen-bond donors (Lipinski definition) is 1. The number of aliphatic imine (C=N–C) groups is 1. The summed E-state index contributed by atoms with van der Waals surface area (Å²) in [7, 11) is 0. The van der Waals surface area contributed by atoms with E-state index in [2.05, 4.69) is 53.3 Å². The Bertz CT molecular complexity index is 552. The molecular formula is C18H27N3O2. The summed E-state index contributed by atoms with van der Waals surface area (Å²) in [6.45, 7) is 10.1. The van der Waals surface area contributed by atoms with Crippen LogP contribution in [0.3, 0.4) is 0 Å². The van der Waals surface area contributed by atoms with E-state index in [4.69, 9.17) is 4.74 Å². The number of carbonyl (C=O) groups excluding carboxylic acids is 1. The molecule has 23 heavy (non-hydrogen) atoms. The average molecular weight is 317 g/mol. The van der Waals surface area contributed by atoms with Gasteiger partial charge in [-0.2, -0.15) is 0 Å². The molecule has 5 nitrogen and oxygen atoms in total. The molecule has 1 atom stereocenters. The van der Waals surface area contributed by atoms with Gasteiger partial charge in [0, 0.05) is 6.54 Å². The molecule has 0 aromatic heterocycles. The van der Waals surface area contributed by atoms with E-state index in [0.717, 1.165) is 13.0 Å². The van der Waals surface area contributed by atoms with Crippen LogP contribution < -0.4 is 5.32 Å². The van der Waals surface area contributed by atoms with E-state index in [0.29, 0.717) is 25.0 Å². The van der Waals surface area contributed by atoms with Gasteiger partial charge in [-0.15, -0.1) is 0 Å². The van der Waals surface area contributed by atoms with Crippen molar-refractivity contribution in [2.75, 3.05) is 19.7 Å². The van der Waals surface area contributed by atoms with Gasteiger partial charge in [-0.3, -0.25) is 10.3 Å². The third-order valence-corrected chi connectivity index (χ3v) is 3.75. The number of aryl methyl sites for hydroxylation is 1. The third kappa shape index (κ3) is 4.71. The van der Waals surface area contributed by atoms with Gasteiger partial charge >= 0.3 is 6.09 Å². The molecule has 0 saturated carbocycles. The maximum atomic E-state index is 11.9. The summed E-state index contributed by atoms with van der Waals surface area (Å²) in [5, 5.41) is 2.80. The largest absolute Gasteiger partial charge is 0.449 e. The van der Waals surface area contributed by atoms with Gasteiger partial charge in [-0.1, -0.05) is 50.6 Å². The van der Waals surface area contributed by atoms with Crippen LogP contribution in [0.4, 0.5) is 4.79 Å². The number of carbonyl (C=O) groups is 1. The standard InChI is InChI=1S/C18H27N3O2/c1-5-10-21-16(15-8-6-14(4)7-9-15)11-19-17(21)20-18(22)23-12-13(2)3/h6-9,13,16H,5,10-12H2,1-4H3,(H,19,20,22). The summed E-state index contributed by atoms with van der Waals surface area (Å²) >= 11 is 0. The first-order valence-electron chi connectivity index (χ1n) is 8.32. The topological polar surface area (TPSA) is 53.9 Å². The number of rotatable bonds is 5. The lowest BCUT2D eigenvalue weighted by Gasteiger charge is -2.27. The molecule has 1 aliphatic heterocycles. The van der Waals surface area contributed by atoms with E-state index >= 15 is 0 Å². The normalized spacial score (nSPS) is 17.3. The zero-order valence-electron chi connectivity index (χ0n) is 14.5. The van der Waals surface area contributed by atoms with E-state index < -0.39 is 6.09 Å². The van der Waals surface area contributed by atoms with Crippen LogP contribution in [0.2, 0.25) is 0 Å². The molecule has 1 N–H and O–H groups in total. The first kappa shape index (κ1) is 17.3. The van der Waals surface area contributed by atoms with E-state index in [1.165, 1.54) is 11.1 Å². The molecule has 0 spiro atoms. The minimum absolute atomic E-state index is 0.177. The van der Waals surface area contributed by atoms with Crippen molar-refractivity contribution < 1.29 is 9.53 Å². The van der Waals surface area contributed by atoms with E-state index in [1.807, 2.05) is 13.8 Å². The highest BCUT2D eigenvalue weighted by Gasteiger charge is 2.29. The van der Waals surface area contributed by atoms with E-state index in [-0.39, 0.29) is 6.04 Å². The minimum atomic E-state index is -0.428.